The predicted octanol–water partition coefficient (Wildman–Crippen LogP) is 3.59. The molecule has 1 aromatic carbocycles. The Morgan fingerprint density at radius 3 is 2.47 bits per heavy atom. The van der Waals surface area contributed by atoms with Crippen molar-refractivity contribution in [1.82, 2.24) is 5.32 Å². The van der Waals surface area contributed by atoms with Gasteiger partial charge in [-0.2, -0.15) is 0 Å². The number of benzene rings is 1. The van der Waals surface area contributed by atoms with Crippen LogP contribution in [0.4, 0.5) is 0 Å². The summed E-state index contributed by atoms with van der Waals surface area (Å²) in [7, 11) is 0. The minimum atomic E-state index is 0.279. The van der Waals surface area contributed by atoms with Gasteiger partial charge < -0.3 is 5.32 Å². The van der Waals surface area contributed by atoms with Gasteiger partial charge in [0.15, 0.2) is 0 Å². The van der Waals surface area contributed by atoms with Gasteiger partial charge in [0.1, 0.15) is 0 Å². The van der Waals surface area contributed by atoms with Gasteiger partial charge in [-0.05, 0) is 17.9 Å². The number of nitrogens with one attached hydrogen (secondary N) is 1. The zero-order chi connectivity index (χ0) is 12.5. The van der Waals surface area contributed by atoms with E-state index in [0.29, 0.717) is 5.92 Å². The molecule has 0 aliphatic heterocycles. The van der Waals surface area contributed by atoms with Crippen LogP contribution in [0.5, 0.6) is 0 Å². The van der Waals surface area contributed by atoms with Crippen molar-refractivity contribution in [1.29, 1.82) is 0 Å². The van der Waals surface area contributed by atoms with Crippen LogP contribution >= 0.6 is 0 Å². The molecule has 0 aromatic heterocycles. The van der Waals surface area contributed by atoms with Crippen LogP contribution in [0.1, 0.15) is 19.4 Å². The van der Waals surface area contributed by atoms with Gasteiger partial charge in [0.05, 0.1) is 0 Å². The second-order valence-corrected chi connectivity index (χ2v) is 4.58. The van der Waals surface area contributed by atoms with Crippen molar-refractivity contribution in [3.05, 3.63) is 60.7 Å². The lowest BCUT2D eigenvalue weighted by Crippen LogP contribution is -2.27. The van der Waals surface area contributed by atoms with Crippen LogP contribution < -0.4 is 5.32 Å². The Balaban J connectivity index is 2.31. The van der Waals surface area contributed by atoms with E-state index in [1.54, 1.807) is 0 Å². The van der Waals surface area contributed by atoms with Crippen molar-refractivity contribution < 1.29 is 0 Å². The quantitative estimate of drug-likeness (QED) is 0.705. The zero-order valence-electron chi connectivity index (χ0n) is 10.9. The fourth-order valence-electron chi connectivity index (χ4n) is 1.60. The highest BCUT2D eigenvalue weighted by molar-refractivity contribution is 5.15. The third kappa shape index (κ3) is 6.08. The number of allylic oxidation sites excluding steroid dienone is 1. The Labute approximate surface area is 105 Å². The van der Waals surface area contributed by atoms with E-state index in [-0.39, 0.29) is 6.04 Å². The van der Waals surface area contributed by atoms with E-state index in [2.05, 4.69) is 68.2 Å². The van der Waals surface area contributed by atoms with E-state index < -0.39 is 0 Å². The SMILES string of the molecule is C=CC(/C=C/C(C)C)NCCc1ccccc1. The molecule has 1 rings (SSSR count). The van der Waals surface area contributed by atoms with Crippen LogP contribution in [-0.4, -0.2) is 12.6 Å². The van der Waals surface area contributed by atoms with E-state index in [9.17, 15) is 0 Å². The molecule has 0 amide bonds. The molecule has 17 heavy (non-hydrogen) atoms. The van der Waals surface area contributed by atoms with Crippen molar-refractivity contribution in [3.8, 4) is 0 Å². The van der Waals surface area contributed by atoms with Crippen LogP contribution in [0.2, 0.25) is 0 Å². The normalized spacial score (nSPS) is 13.1. The molecule has 1 aromatic rings. The fraction of sp³-hybridized carbons (Fsp3) is 0.375. The molecule has 1 unspecified atom stereocenters. The third-order valence-electron chi connectivity index (χ3n) is 2.59. The molecule has 0 fully saturated rings. The summed E-state index contributed by atoms with van der Waals surface area (Å²) in [6, 6.07) is 10.8. The lowest BCUT2D eigenvalue weighted by molar-refractivity contribution is 0.666. The topological polar surface area (TPSA) is 12.0 Å². The lowest BCUT2D eigenvalue weighted by Gasteiger charge is -2.11. The molecule has 0 saturated carbocycles. The summed E-state index contributed by atoms with van der Waals surface area (Å²) in [5.74, 6) is 0.591. The second-order valence-electron chi connectivity index (χ2n) is 4.58. The molecular weight excluding hydrogens is 206 g/mol. The Kier molecular flexibility index (Phi) is 6.34. The van der Waals surface area contributed by atoms with Crippen molar-refractivity contribution in [2.45, 2.75) is 26.3 Å². The molecule has 1 heteroatoms. The molecule has 0 aliphatic rings. The molecular formula is C16H23N. The molecule has 0 spiro atoms. The van der Waals surface area contributed by atoms with Crippen molar-refractivity contribution in [2.24, 2.45) is 5.92 Å². The van der Waals surface area contributed by atoms with Crippen molar-refractivity contribution >= 4 is 0 Å². The number of rotatable bonds is 7. The average Bonchev–Trinajstić information content (AvgIpc) is 2.34. The Morgan fingerprint density at radius 2 is 1.88 bits per heavy atom. The van der Waals surface area contributed by atoms with Gasteiger partial charge in [0, 0.05) is 12.6 Å². The molecule has 1 N–H and O–H groups in total. The van der Waals surface area contributed by atoms with Gasteiger partial charge in [-0.1, -0.05) is 62.4 Å². The van der Waals surface area contributed by atoms with Gasteiger partial charge in [0.25, 0.3) is 0 Å². The van der Waals surface area contributed by atoms with Crippen LogP contribution in [0.25, 0.3) is 0 Å². The van der Waals surface area contributed by atoms with Gasteiger partial charge in [0.2, 0.25) is 0 Å². The van der Waals surface area contributed by atoms with Crippen molar-refractivity contribution in [3.63, 3.8) is 0 Å². The Morgan fingerprint density at radius 1 is 1.18 bits per heavy atom. The second kappa shape index (κ2) is 7.86. The first-order valence-electron chi connectivity index (χ1n) is 6.30. The molecule has 92 valence electrons. The minimum Gasteiger partial charge on any atom is -0.307 e. The smallest absolute Gasteiger partial charge is 0.0433 e. The van der Waals surface area contributed by atoms with E-state index in [1.165, 1.54) is 5.56 Å². The molecule has 0 radical (unpaired) electrons. The summed E-state index contributed by atoms with van der Waals surface area (Å²) < 4.78 is 0. The first-order chi connectivity index (χ1) is 8.22. The average molecular weight is 229 g/mol. The highest BCUT2D eigenvalue weighted by Crippen LogP contribution is 2.00. The van der Waals surface area contributed by atoms with Gasteiger partial charge in [-0.25, -0.2) is 0 Å². The number of hydrogen-bond acceptors (Lipinski definition) is 1. The molecule has 0 heterocycles. The highest BCUT2D eigenvalue weighted by atomic mass is 14.9. The first-order valence-corrected chi connectivity index (χ1v) is 6.30. The summed E-state index contributed by atoms with van der Waals surface area (Å²) in [6.45, 7) is 9.19. The molecule has 0 saturated heterocycles. The van der Waals surface area contributed by atoms with E-state index in [0.717, 1.165) is 13.0 Å². The minimum absolute atomic E-state index is 0.279. The summed E-state index contributed by atoms with van der Waals surface area (Å²) in [5.41, 5.74) is 1.37. The van der Waals surface area contributed by atoms with Crippen LogP contribution in [0.15, 0.2) is 55.1 Å². The Bertz CT molecular complexity index is 338. The summed E-state index contributed by atoms with van der Waals surface area (Å²) in [5, 5.41) is 3.47. The fourth-order valence-corrected chi connectivity index (χ4v) is 1.60. The van der Waals surface area contributed by atoms with E-state index in [1.807, 2.05) is 6.08 Å². The first kappa shape index (κ1) is 13.7. The van der Waals surface area contributed by atoms with Crippen LogP contribution in [-0.2, 0) is 6.42 Å². The van der Waals surface area contributed by atoms with Crippen molar-refractivity contribution in [2.75, 3.05) is 6.54 Å². The van der Waals surface area contributed by atoms with Gasteiger partial charge >= 0.3 is 0 Å². The molecule has 0 bridgehead atoms. The van der Waals surface area contributed by atoms with E-state index in [4.69, 9.17) is 0 Å². The van der Waals surface area contributed by atoms with Crippen LogP contribution in [0.3, 0.4) is 0 Å². The maximum absolute atomic E-state index is 3.85. The molecule has 0 aliphatic carbocycles. The standard InChI is InChI=1S/C16H23N/c1-4-16(11-10-14(2)3)17-13-12-15-8-6-5-7-9-15/h4-11,14,16-17H,1,12-13H2,2-3H3/b11-10+. The zero-order valence-corrected chi connectivity index (χ0v) is 10.9. The largest absolute Gasteiger partial charge is 0.307 e. The summed E-state index contributed by atoms with van der Waals surface area (Å²) in [4.78, 5) is 0. The monoisotopic (exact) mass is 229 g/mol. The van der Waals surface area contributed by atoms with Gasteiger partial charge in [-0.3, -0.25) is 0 Å². The summed E-state index contributed by atoms with van der Waals surface area (Å²) >= 11 is 0. The Hall–Kier alpha value is -1.34. The maximum Gasteiger partial charge on any atom is 0.0433 e. The highest BCUT2D eigenvalue weighted by Gasteiger charge is 1.98. The van der Waals surface area contributed by atoms with E-state index >= 15 is 0 Å². The maximum atomic E-state index is 3.85. The predicted molar refractivity (Wildman–Crippen MR) is 76.1 cm³/mol. The molecule has 1 atom stereocenters. The van der Waals surface area contributed by atoms with Gasteiger partial charge in [-0.15, -0.1) is 6.58 Å². The third-order valence-corrected chi connectivity index (χ3v) is 2.59. The lowest BCUT2D eigenvalue weighted by atomic mass is 10.1. The summed E-state index contributed by atoms with van der Waals surface area (Å²) in [6.07, 6.45) is 7.40. The number of hydrogen-bond donors (Lipinski definition) is 1. The van der Waals surface area contributed by atoms with Crippen LogP contribution in [0, 0.1) is 5.92 Å². The molecule has 1 nitrogen and oxygen atoms in total.